The van der Waals surface area contributed by atoms with Gasteiger partial charge < -0.3 is 15.5 Å². The zero-order chi connectivity index (χ0) is 25.8. The first-order valence-electron chi connectivity index (χ1n) is 12.0. The number of nitrogens with zero attached hydrogens (tertiary/aromatic N) is 2. The van der Waals surface area contributed by atoms with E-state index in [1.165, 1.54) is 0 Å². The number of carbonyl (C=O) groups excluding carboxylic acids is 1. The Hall–Kier alpha value is -4.19. The predicted octanol–water partition coefficient (Wildman–Crippen LogP) is 6.80. The summed E-state index contributed by atoms with van der Waals surface area (Å²) in [6.45, 7) is 8.94. The Morgan fingerprint density at radius 2 is 1.75 bits per heavy atom. The minimum Gasteiger partial charge on any atom is -0.357 e. The third-order valence-electron chi connectivity index (χ3n) is 5.89. The lowest BCUT2D eigenvalue weighted by atomic mass is 9.89. The summed E-state index contributed by atoms with van der Waals surface area (Å²) in [5, 5.41) is 5.82. The number of anilines is 3. The standard InChI is InChI=1S/C30H33FN4O/c1-4-28(23(2)17-18-33-24(3)34-25-11-7-5-8-12-25)29-16-15-27(21-30(29)31)35(20-19-32-22-36)26-13-9-6-10-14-26/h5-18,21-22,28,34H,3-4,19-20H2,1-2H3,(H,32,36)/b23-17+,33-18-. The van der Waals surface area contributed by atoms with Crippen molar-refractivity contribution in [2.24, 2.45) is 4.99 Å². The highest BCUT2D eigenvalue weighted by Gasteiger charge is 2.18. The summed E-state index contributed by atoms with van der Waals surface area (Å²) >= 11 is 0. The van der Waals surface area contributed by atoms with E-state index >= 15 is 4.39 Å². The van der Waals surface area contributed by atoms with Crippen molar-refractivity contribution in [2.45, 2.75) is 26.2 Å². The molecule has 2 N–H and O–H groups in total. The van der Waals surface area contributed by atoms with Crippen molar-refractivity contribution >= 4 is 29.7 Å². The van der Waals surface area contributed by atoms with Gasteiger partial charge in [0.05, 0.1) is 0 Å². The number of aliphatic imine (C=N–C) groups is 1. The van der Waals surface area contributed by atoms with Gasteiger partial charge in [-0.05, 0) is 61.4 Å². The van der Waals surface area contributed by atoms with Gasteiger partial charge in [0.25, 0.3) is 0 Å². The number of para-hydroxylation sites is 2. The average molecular weight is 485 g/mol. The summed E-state index contributed by atoms with van der Waals surface area (Å²) in [7, 11) is 0. The fourth-order valence-corrected chi connectivity index (χ4v) is 4.09. The molecule has 1 amide bonds. The van der Waals surface area contributed by atoms with Crippen molar-refractivity contribution in [3.05, 3.63) is 114 Å². The number of nitrogens with one attached hydrogen (secondary N) is 2. The van der Waals surface area contributed by atoms with E-state index in [1.807, 2.05) is 97.6 Å². The number of amides is 1. The maximum absolute atomic E-state index is 15.4. The van der Waals surface area contributed by atoms with Crippen LogP contribution >= 0.6 is 0 Å². The van der Waals surface area contributed by atoms with E-state index in [0.717, 1.165) is 29.1 Å². The molecule has 0 fully saturated rings. The molecule has 1 unspecified atom stereocenters. The lowest BCUT2D eigenvalue weighted by Gasteiger charge is -2.26. The molecule has 36 heavy (non-hydrogen) atoms. The highest BCUT2D eigenvalue weighted by molar-refractivity contribution is 5.74. The van der Waals surface area contributed by atoms with Crippen LogP contribution in [0.15, 0.2) is 108 Å². The maximum Gasteiger partial charge on any atom is 0.207 e. The second kappa shape index (κ2) is 13.6. The Bertz CT molecular complexity index is 1190. The van der Waals surface area contributed by atoms with Crippen molar-refractivity contribution in [2.75, 3.05) is 23.3 Å². The molecule has 0 radical (unpaired) electrons. The topological polar surface area (TPSA) is 56.7 Å². The monoisotopic (exact) mass is 484 g/mol. The molecule has 0 aromatic heterocycles. The minimum absolute atomic E-state index is 0.0808. The molecule has 0 bridgehead atoms. The second-order valence-electron chi connectivity index (χ2n) is 8.35. The highest BCUT2D eigenvalue weighted by Crippen LogP contribution is 2.33. The van der Waals surface area contributed by atoms with Crippen molar-refractivity contribution in [3.63, 3.8) is 0 Å². The van der Waals surface area contributed by atoms with E-state index in [0.29, 0.717) is 30.9 Å². The molecular formula is C30H33FN4O. The van der Waals surface area contributed by atoms with Crippen LogP contribution in [0.2, 0.25) is 0 Å². The predicted molar refractivity (Wildman–Crippen MR) is 148 cm³/mol. The van der Waals surface area contributed by atoms with Crippen molar-refractivity contribution < 1.29 is 9.18 Å². The summed E-state index contributed by atoms with van der Waals surface area (Å²) in [5.74, 6) is 0.185. The Balaban J connectivity index is 1.76. The first-order valence-corrected chi connectivity index (χ1v) is 12.0. The summed E-state index contributed by atoms with van der Waals surface area (Å²) in [5.41, 5.74) is 4.23. The largest absolute Gasteiger partial charge is 0.357 e. The Kier molecular flexibility index (Phi) is 10.0. The van der Waals surface area contributed by atoms with Gasteiger partial charge in [-0.15, -0.1) is 0 Å². The van der Waals surface area contributed by atoms with E-state index in [9.17, 15) is 4.79 Å². The molecule has 3 aromatic carbocycles. The lowest BCUT2D eigenvalue weighted by molar-refractivity contribution is -0.109. The second-order valence-corrected chi connectivity index (χ2v) is 8.35. The SMILES string of the molecule is C=C(/N=C\C=C(/C)C(CC)c1ccc(N(CCNC=O)c2ccccc2)cc1F)Nc1ccccc1. The normalized spacial score (nSPS) is 12.2. The number of benzene rings is 3. The Morgan fingerprint density at radius 1 is 1.06 bits per heavy atom. The third-order valence-corrected chi connectivity index (χ3v) is 5.89. The fourth-order valence-electron chi connectivity index (χ4n) is 4.09. The molecular weight excluding hydrogens is 451 g/mol. The van der Waals surface area contributed by atoms with Crippen LogP contribution in [-0.4, -0.2) is 25.7 Å². The van der Waals surface area contributed by atoms with Crippen LogP contribution in [0.3, 0.4) is 0 Å². The van der Waals surface area contributed by atoms with Crippen LogP contribution < -0.4 is 15.5 Å². The van der Waals surface area contributed by atoms with Crippen molar-refractivity contribution in [1.82, 2.24) is 5.32 Å². The van der Waals surface area contributed by atoms with Gasteiger partial charge in [-0.1, -0.05) is 61.5 Å². The van der Waals surface area contributed by atoms with Crippen LogP contribution in [0.25, 0.3) is 0 Å². The quantitative estimate of drug-likeness (QED) is 0.159. The molecule has 5 nitrogen and oxygen atoms in total. The summed E-state index contributed by atoms with van der Waals surface area (Å²) < 4.78 is 15.4. The number of rotatable bonds is 13. The van der Waals surface area contributed by atoms with Gasteiger partial charge in [-0.25, -0.2) is 9.38 Å². The molecule has 0 spiro atoms. The molecule has 1 atom stereocenters. The van der Waals surface area contributed by atoms with Crippen LogP contribution in [0.5, 0.6) is 0 Å². The summed E-state index contributed by atoms with van der Waals surface area (Å²) in [6.07, 6.45) is 5.02. The molecule has 0 saturated carbocycles. The maximum atomic E-state index is 15.4. The molecule has 0 saturated heterocycles. The molecule has 3 rings (SSSR count). The molecule has 186 valence electrons. The van der Waals surface area contributed by atoms with E-state index in [2.05, 4.69) is 22.2 Å². The van der Waals surface area contributed by atoms with Gasteiger partial charge in [0.15, 0.2) is 0 Å². The number of carbonyl (C=O) groups is 1. The van der Waals surface area contributed by atoms with Gasteiger partial charge in [0.2, 0.25) is 6.41 Å². The van der Waals surface area contributed by atoms with E-state index in [4.69, 9.17) is 0 Å². The molecule has 0 aliphatic carbocycles. The molecule has 3 aromatic rings. The van der Waals surface area contributed by atoms with Crippen LogP contribution in [-0.2, 0) is 4.79 Å². The third kappa shape index (κ3) is 7.40. The average Bonchev–Trinajstić information content (AvgIpc) is 2.89. The van der Waals surface area contributed by atoms with Crippen molar-refractivity contribution in [1.29, 1.82) is 0 Å². The molecule has 0 heterocycles. The number of hydrogen-bond acceptors (Lipinski definition) is 4. The zero-order valence-electron chi connectivity index (χ0n) is 20.8. The van der Waals surface area contributed by atoms with Crippen LogP contribution in [0.1, 0.15) is 31.7 Å². The van der Waals surface area contributed by atoms with Crippen LogP contribution in [0.4, 0.5) is 21.5 Å². The first kappa shape index (κ1) is 26.4. The van der Waals surface area contributed by atoms with E-state index < -0.39 is 0 Å². The molecule has 0 aliphatic heterocycles. The summed E-state index contributed by atoms with van der Waals surface area (Å²) in [4.78, 5) is 17.1. The van der Waals surface area contributed by atoms with Crippen molar-refractivity contribution in [3.8, 4) is 0 Å². The zero-order valence-corrected chi connectivity index (χ0v) is 20.8. The fraction of sp³-hybridized carbons (Fsp3) is 0.200. The Labute approximate surface area is 213 Å². The van der Waals surface area contributed by atoms with E-state index in [-0.39, 0.29) is 11.7 Å². The number of halogens is 1. The molecule has 0 aliphatic rings. The van der Waals surface area contributed by atoms with Gasteiger partial charge in [0, 0.05) is 42.3 Å². The summed E-state index contributed by atoms with van der Waals surface area (Å²) in [6, 6.07) is 24.8. The van der Waals surface area contributed by atoms with E-state index in [1.54, 1.807) is 12.3 Å². The van der Waals surface area contributed by atoms with Gasteiger partial charge >= 0.3 is 0 Å². The van der Waals surface area contributed by atoms with Gasteiger partial charge in [-0.2, -0.15) is 0 Å². The highest BCUT2D eigenvalue weighted by atomic mass is 19.1. The first-order chi connectivity index (χ1) is 17.5. The van der Waals surface area contributed by atoms with Gasteiger partial charge in [0.1, 0.15) is 11.6 Å². The number of hydrogen-bond donors (Lipinski definition) is 2. The lowest BCUT2D eigenvalue weighted by Crippen LogP contribution is -2.28. The van der Waals surface area contributed by atoms with Gasteiger partial charge in [-0.3, -0.25) is 4.79 Å². The smallest absolute Gasteiger partial charge is 0.207 e. The molecule has 6 heteroatoms. The number of allylic oxidation sites excluding steroid dienone is 2. The Morgan fingerprint density at radius 3 is 2.39 bits per heavy atom. The minimum atomic E-state index is -0.261. The van der Waals surface area contributed by atoms with Crippen LogP contribution in [0, 0.1) is 5.82 Å².